The van der Waals surface area contributed by atoms with E-state index in [9.17, 15) is 9.90 Å². The summed E-state index contributed by atoms with van der Waals surface area (Å²) in [6.07, 6.45) is 2.53. The number of hydrogen-bond acceptors (Lipinski definition) is 7. The average molecular weight is 277 g/mol. The Bertz CT molecular complexity index is 656. The van der Waals surface area contributed by atoms with Crippen LogP contribution < -0.4 is 5.73 Å². The number of aliphatic hydroxyl groups is 1. The molecule has 3 rings (SSSR count). The number of carbonyl (C=O) groups is 1. The largest absolute Gasteiger partial charge is 0.394 e. The van der Waals surface area contributed by atoms with Crippen LogP contribution in [0.5, 0.6) is 0 Å². The molecule has 1 aliphatic heterocycles. The van der Waals surface area contributed by atoms with Crippen LogP contribution in [-0.4, -0.2) is 43.1 Å². The molecule has 2 aromatic rings. The number of aliphatic hydroxyl groups excluding tert-OH is 1. The maximum absolute atomic E-state index is 11.6. The number of anilines is 1. The number of carbonyl (C=O) groups excluding carboxylic acids is 1. The molecule has 0 spiro atoms. The minimum atomic E-state index is -0.492. The topological polar surface area (TPSA) is 116 Å². The molecular weight excluding hydrogens is 262 g/mol. The third kappa shape index (κ3) is 1.93. The molecule has 0 saturated carbocycles. The molecule has 0 amide bonds. The van der Waals surface area contributed by atoms with Crippen molar-refractivity contribution < 1.29 is 14.6 Å². The standard InChI is InChI=1S/C12H15N5O3/c1-6(19)7-2-9(20-8(7)3-18)17-5-16-10-11(13)14-4-15-12(10)17/h4-5,7-9,18H,2-3H2,1H3,(H2,13,14,15)/t7-,8-,9-/m1/s1. The van der Waals surface area contributed by atoms with Crippen LogP contribution in [0.4, 0.5) is 5.82 Å². The number of nitrogen functional groups attached to an aromatic ring is 1. The molecular formula is C12H15N5O3. The Labute approximate surface area is 114 Å². The van der Waals surface area contributed by atoms with E-state index in [1.54, 1.807) is 10.9 Å². The first-order valence-corrected chi connectivity index (χ1v) is 6.31. The minimum Gasteiger partial charge on any atom is -0.394 e. The first-order chi connectivity index (χ1) is 9.61. The summed E-state index contributed by atoms with van der Waals surface area (Å²) in [4.78, 5) is 23.8. The highest BCUT2D eigenvalue weighted by atomic mass is 16.5. The lowest BCUT2D eigenvalue weighted by atomic mass is 9.97. The average Bonchev–Trinajstić information content (AvgIpc) is 3.02. The van der Waals surface area contributed by atoms with Crippen molar-refractivity contribution in [3.05, 3.63) is 12.7 Å². The summed E-state index contributed by atoms with van der Waals surface area (Å²) >= 11 is 0. The van der Waals surface area contributed by atoms with Crippen LogP contribution in [0.1, 0.15) is 19.6 Å². The van der Waals surface area contributed by atoms with Crippen LogP contribution in [0.25, 0.3) is 11.2 Å². The van der Waals surface area contributed by atoms with Crippen LogP contribution in [0, 0.1) is 5.92 Å². The van der Waals surface area contributed by atoms with E-state index in [-0.39, 0.29) is 24.5 Å². The molecule has 1 aliphatic rings. The number of Topliss-reactive ketones (excluding diaryl/α,β-unsaturated/α-hetero) is 1. The van der Waals surface area contributed by atoms with E-state index >= 15 is 0 Å². The van der Waals surface area contributed by atoms with Crippen molar-refractivity contribution in [3.8, 4) is 0 Å². The van der Waals surface area contributed by atoms with Gasteiger partial charge in [0.1, 0.15) is 23.9 Å². The van der Waals surface area contributed by atoms with Crippen molar-refractivity contribution in [1.29, 1.82) is 0 Å². The fraction of sp³-hybridized carbons (Fsp3) is 0.500. The number of fused-ring (bicyclic) bond motifs is 1. The molecule has 20 heavy (non-hydrogen) atoms. The van der Waals surface area contributed by atoms with E-state index in [2.05, 4.69) is 15.0 Å². The Balaban J connectivity index is 1.97. The number of rotatable bonds is 3. The number of ketones is 1. The first kappa shape index (κ1) is 12.9. The Morgan fingerprint density at radius 2 is 2.35 bits per heavy atom. The molecule has 0 bridgehead atoms. The van der Waals surface area contributed by atoms with Crippen molar-refractivity contribution in [3.63, 3.8) is 0 Å². The number of aromatic nitrogens is 4. The minimum absolute atomic E-state index is 0.00473. The van der Waals surface area contributed by atoms with Gasteiger partial charge >= 0.3 is 0 Å². The Hall–Kier alpha value is -2.06. The first-order valence-electron chi connectivity index (χ1n) is 6.31. The van der Waals surface area contributed by atoms with Gasteiger partial charge in [-0.3, -0.25) is 9.36 Å². The molecule has 8 heteroatoms. The number of nitrogens with zero attached hydrogens (tertiary/aromatic N) is 4. The lowest BCUT2D eigenvalue weighted by Crippen LogP contribution is -2.25. The molecule has 3 heterocycles. The van der Waals surface area contributed by atoms with Crippen LogP contribution in [0.2, 0.25) is 0 Å². The predicted molar refractivity (Wildman–Crippen MR) is 69.5 cm³/mol. The zero-order valence-electron chi connectivity index (χ0n) is 10.9. The smallest absolute Gasteiger partial charge is 0.167 e. The summed E-state index contributed by atoms with van der Waals surface area (Å²) in [5.74, 6) is -0.0136. The lowest BCUT2D eigenvalue weighted by Gasteiger charge is -2.14. The number of nitrogens with two attached hydrogens (primary N) is 1. The number of ether oxygens (including phenoxy) is 1. The molecule has 3 atom stereocenters. The third-order valence-corrected chi connectivity index (χ3v) is 3.64. The van der Waals surface area contributed by atoms with Crippen molar-refractivity contribution in [2.24, 2.45) is 5.92 Å². The van der Waals surface area contributed by atoms with Gasteiger partial charge in [0.05, 0.1) is 25.0 Å². The van der Waals surface area contributed by atoms with Gasteiger partial charge < -0.3 is 15.6 Å². The van der Waals surface area contributed by atoms with Crippen LogP contribution >= 0.6 is 0 Å². The molecule has 3 N–H and O–H groups in total. The maximum atomic E-state index is 11.6. The summed E-state index contributed by atoms with van der Waals surface area (Å²) in [6, 6.07) is 0. The zero-order chi connectivity index (χ0) is 14.3. The van der Waals surface area contributed by atoms with E-state index in [0.29, 0.717) is 23.4 Å². The third-order valence-electron chi connectivity index (χ3n) is 3.64. The quantitative estimate of drug-likeness (QED) is 0.804. The van der Waals surface area contributed by atoms with Crippen molar-refractivity contribution in [1.82, 2.24) is 19.5 Å². The van der Waals surface area contributed by atoms with E-state index < -0.39 is 6.10 Å². The number of hydrogen-bond donors (Lipinski definition) is 2. The molecule has 1 fully saturated rings. The summed E-state index contributed by atoms with van der Waals surface area (Å²) in [6.45, 7) is 1.32. The van der Waals surface area contributed by atoms with E-state index in [4.69, 9.17) is 10.5 Å². The highest BCUT2D eigenvalue weighted by Crippen LogP contribution is 2.35. The SMILES string of the molecule is CC(=O)[C@H]1C[C@H](n2cnc3c(N)ncnc32)O[C@@H]1CO. The molecule has 0 radical (unpaired) electrons. The van der Waals surface area contributed by atoms with Gasteiger partial charge in [0, 0.05) is 6.42 Å². The summed E-state index contributed by atoms with van der Waals surface area (Å²) in [5.41, 5.74) is 6.80. The van der Waals surface area contributed by atoms with Crippen LogP contribution in [0.15, 0.2) is 12.7 Å². The Morgan fingerprint density at radius 3 is 3.00 bits per heavy atom. The van der Waals surface area contributed by atoms with Gasteiger partial charge in [-0.2, -0.15) is 0 Å². The van der Waals surface area contributed by atoms with Crippen LogP contribution in [0.3, 0.4) is 0 Å². The van der Waals surface area contributed by atoms with Gasteiger partial charge in [-0.1, -0.05) is 0 Å². The molecule has 8 nitrogen and oxygen atoms in total. The normalized spacial score (nSPS) is 26.2. The second kappa shape index (κ2) is 4.80. The number of imidazole rings is 1. The van der Waals surface area contributed by atoms with Crippen molar-refractivity contribution >= 4 is 22.8 Å². The Kier molecular flexibility index (Phi) is 3.11. The lowest BCUT2D eigenvalue weighted by molar-refractivity contribution is -0.123. The highest BCUT2D eigenvalue weighted by molar-refractivity contribution is 5.81. The van der Waals surface area contributed by atoms with Gasteiger partial charge in [0.2, 0.25) is 0 Å². The monoisotopic (exact) mass is 277 g/mol. The molecule has 0 aromatic carbocycles. The molecule has 2 aromatic heterocycles. The predicted octanol–water partition coefficient (Wildman–Crippen LogP) is -0.106. The molecule has 106 valence electrons. The van der Waals surface area contributed by atoms with Gasteiger partial charge in [0.15, 0.2) is 11.5 Å². The van der Waals surface area contributed by atoms with Gasteiger partial charge in [-0.15, -0.1) is 0 Å². The van der Waals surface area contributed by atoms with Gasteiger partial charge in [0.25, 0.3) is 0 Å². The fourth-order valence-corrected chi connectivity index (χ4v) is 2.58. The highest BCUT2D eigenvalue weighted by Gasteiger charge is 2.39. The van der Waals surface area contributed by atoms with Crippen molar-refractivity contribution in [2.45, 2.75) is 25.7 Å². The van der Waals surface area contributed by atoms with E-state index in [0.717, 1.165) is 0 Å². The second-order valence-corrected chi connectivity index (χ2v) is 4.85. The van der Waals surface area contributed by atoms with Crippen LogP contribution in [-0.2, 0) is 9.53 Å². The van der Waals surface area contributed by atoms with Gasteiger partial charge in [-0.05, 0) is 6.92 Å². The van der Waals surface area contributed by atoms with E-state index in [1.807, 2.05) is 0 Å². The summed E-state index contributed by atoms with van der Waals surface area (Å²) in [7, 11) is 0. The second-order valence-electron chi connectivity index (χ2n) is 4.85. The molecule has 1 saturated heterocycles. The molecule has 0 unspecified atom stereocenters. The Morgan fingerprint density at radius 1 is 1.55 bits per heavy atom. The molecule has 0 aliphatic carbocycles. The fourth-order valence-electron chi connectivity index (χ4n) is 2.58. The van der Waals surface area contributed by atoms with Gasteiger partial charge in [-0.25, -0.2) is 15.0 Å². The van der Waals surface area contributed by atoms with E-state index in [1.165, 1.54) is 13.3 Å². The summed E-state index contributed by atoms with van der Waals surface area (Å²) in [5, 5.41) is 9.31. The summed E-state index contributed by atoms with van der Waals surface area (Å²) < 4.78 is 7.45. The zero-order valence-corrected chi connectivity index (χ0v) is 10.9. The van der Waals surface area contributed by atoms with Crippen molar-refractivity contribution in [2.75, 3.05) is 12.3 Å². The maximum Gasteiger partial charge on any atom is 0.167 e.